The molecular formula is C13H14BrFN2OS. The molecule has 0 spiro atoms. The van der Waals surface area contributed by atoms with Crippen molar-refractivity contribution in [3.05, 3.63) is 44.8 Å². The second-order valence-corrected chi connectivity index (χ2v) is 6.41. The molecule has 1 heterocycles. The van der Waals surface area contributed by atoms with Gasteiger partial charge in [-0.2, -0.15) is 0 Å². The topological polar surface area (TPSA) is 47.3 Å². The maximum Gasteiger partial charge on any atom is 0.146 e. The molecule has 1 unspecified atom stereocenters. The summed E-state index contributed by atoms with van der Waals surface area (Å²) in [5.41, 5.74) is 6.15. The van der Waals surface area contributed by atoms with E-state index in [0.717, 1.165) is 8.66 Å². The number of thiophene rings is 1. The molecule has 0 saturated heterocycles. The molecule has 0 aliphatic rings. The Bertz CT molecular complexity index is 561. The fraction of sp³-hybridized carbons (Fsp3) is 0.231. The Kier molecular flexibility index (Phi) is 4.79. The van der Waals surface area contributed by atoms with Gasteiger partial charge in [0.2, 0.25) is 0 Å². The molecule has 2 rings (SSSR count). The molecule has 6 heteroatoms. The van der Waals surface area contributed by atoms with Crippen LogP contribution in [0, 0.1) is 5.82 Å². The van der Waals surface area contributed by atoms with Gasteiger partial charge in [-0.3, -0.25) is 0 Å². The van der Waals surface area contributed by atoms with Gasteiger partial charge in [0.1, 0.15) is 11.6 Å². The van der Waals surface area contributed by atoms with Crippen LogP contribution in [-0.2, 0) is 0 Å². The maximum atomic E-state index is 13.8. The Morgan fingerprint density at radius 2 is 2.21 bits per heavy atom. The molecule has 0 aliphatic heterocycles. The minimum atomic E-state index is -0.324. The Morgan fingerprint density at radius 3 is 2.79 bits per heavy atom. The summed E-state index contributed by atoms with van der Waals surface area (Å²) in [5, 5.41) is 3.11. The lowest BCUT2D eigenvalue weighted by molar-refractivity contribution is 0.414. The van der Waals surface area contributed by atoms with Gasteiger partial charge in [-0.15, -0.1) is 11.3 Å². The number of ether oxygens (including phenoxy) is 1. The van der Waals surface area contributed by atoms with Crippen molar-refractivity contribution in [3.8, 4) is 5.75 Å². The zero-order valence-corrected chi connectivity index (χ0v) is 12.7. The second-order valence-electron chi connectivity index (χ2n) is 3.92. The quantitative estimate of drug-likeness (QED) is 0.867. The van der Waals surface area contributed by atoms with Gasteiger partial charge in [-0.1, -0.05) is 0 Å². The van der Waals surface area contributed by atoms with Crippen molar-refractivity contribution in [2.24, 2.45) is 5.73 Å². The summed E-state index contributed by atoms with van der Waals surface area (Å²) in [6.45, 7) is 0.379. The summed E-state index contributed by atoms with van der Waals surface area (Å²) in [6.07, 6.45) is 0. The maximum absolute atomic E-state index is 13.8. The highest BCUT2D eigenvalue weighted by Gasteiger charge is 2.14. The van der Waals surface area contributed by atoms with E-state index in [2.05, 4.69) is 21.2 Å². The van der Waals surface area contributed by atoms with Gasteiger partial charge in [0.15, 0.2) is 0 Å². The lowest BCUT2D eigenvalue weighted by Gasteiger charge is -2.17. The van der Waals surface area contributed by atoms with Crippen LogP contribution in [0.3, 0.4) is 0 Å². The van der Waals surface area contributed by atoms with Crippen LogP contribution >= 0.6 is 27.3 Å². The first kappa shape index (κ1) is 14.3. The van der Waals surface area contributed by atoms with Crippen molar-refractivity contribution in [1.82, 2.24) is 0 Å². The van der Waals surface area contributed by atoms with Gasteiger partial charge >= 0.3 is 0 Å². The lowest BCUT2D eigenvalue weighted by Crippen LogP contribution is -2.20. The summed E-state index contributed by atoms with van der Waals surface area (Å²) >= 11 is 4.98. The van der Waals surface area contributed by atoms with Crippen LogP contribution in [0.4, 0.5) is 10.1 Å². The monoisotopic (exact) mass is 344 g/mol. The SMILES string of the molecule is COc1ccc(F)c(NC(CN)c2ccc(Br)s2)c1. The highest BCUT2D eigenvalue weighted by molar-refractivity contribution is 9.11. The molecule has 1 atom stereocenters. The first-order valence-electron chi connectivity index (χ1n) is 5.69. The van der Waals surface area contributed by atoms with Gasteiger partial charge in [0, 0.05) is 17.5 Å². The third-order valence-corrected chi connectivity index (χ3v) is 4.41. The average molecular weight is 345 g/mol. The number of halogens is 2. The van der Waals surface area contributed by atoms with Crippen LogP contribution in [0.2, 0.25) is 0 Å². The predicted molar refractivity (Wildman–Crippen MR) is 80.4 cm³/mol. The van der Waals surface area contributed by atoms with E-state index in [1.165, 1.54) is 6.07 Å². The molecule has 0 bridgehead atoms. The van der Waals surface area contributed by atoms with Gasteiger partial charge in [-0.25, -0.2) is 4.39 Å². The summed E-state index contributed by atoms with van der Waals surface area (Å²) in [7, 11) is 1.55. The summed E-state index contributed by atoms with van der Waals surface area (Å²) in [5.74, 6) is 0.280. The van der Waals surface area contributed by atoms with Crippen molar-refractivity contribution in [1.29, 1.82) is 0 Å². The van der Waals surface area contributed by atoms with Crippen molar-refractivity contribution < 1.29 is 9.13 Å². The normalized spacial score (nSPS) is 12.2. The molecule has 2 aromatic rings. The first-order valence-corrected chi connectivity index (χ1v) is 7.30. The number of anilines is 1. The predicted octanol–water partition coefficient (Wildman–Crippen LogP) is 3.77. The van der Waals surface area contributed by atoms with Gasteiger partial charge in [0.05, 0.1) is 22.6 Å². The van der Waals surface area contributed by atoms with Crippen molar-refractivity contribution in [2.75, 3.05) is 19.0 Å². The van der Waals surface area contributed by atoms with E-state index in [1.807, 2.05) is 12.1 Å². The molecule has 102 valence electrons. The van der Waals surface area contributed by atoms with E-state index in [9.17, 15) is 4.39 Å². The van der Waals surface area contributed by atoms with Crippen LogP contribution in [0.1, 0.15) is 10.9 Å². The van der Waals surface area contributed by atoms with E-state index in [1.54, 1.807) is 30.6 Å². The summed E-state index contributed by atoms with van der Waals surface area (Å²) in [6, 6.07) is 8.38. The van der Waals surface area contributed by atoms with Gasteiger partial charge in [-0.05, 0) is 40.2 Å². The summed E-state index contributed by atoms with van der Waals surface area (Å²) < 4.78 is 19.9. The highest BCUT2D eigenvalue weighted by Crippen LogP contribution is 2.30. The van der Waals surface area contributed by atoms with Crippen LogP contribution in [0.25, 0.3) is 0 Å². The molecule has 0 aliphatic carbocycles. The number of nitrogens with one attached hydrogen (secondary N) is 1. The molecule has 3 nitrogen and oxygen atoms in total. The standard InChI is InChI=1S/C13H14BrFN2OS/c1-18-8-2-3-9(15)10(6-8)17-11(7-16)12-4-5-13(14)19-12/h2-6,11,17H,7,16H2,1H3. The molecule has 0 amide bonds. The second kappa shape index (κ2) is 6.36. The largest absolute Gasteiger partial charge is 0.497 e. The van der Waals surface area contributed by atoms with Crippen molar-refractivity contribution in [3.63, 3.8) is 0 Å². The average Bonchev–Trinajstić information content (AvgIpc) is 2.84. The first-order chi connectivity index (χ1) is 9.13. The Morgan fingerprint density at radius 1 is 1.42 bits per heavy atom. The van der Waals surface area contributed by atoms with E-state index >= 15 is 0 Å². The Labute approximate surface area is 123 Å². The van der Waals surface area contributed by atoms with Crippen LogP contribution in [0.15, 0.2) is 34.1 Å². The molecule has 19 heavy (non-hydrogen) atoms. The molecule has 0 fully saturated rings. The Balaban J connectivity index is 2.23. The Hall–Kier alpha value is -1.11. The van der Waals surface area contributed by atoms with Crippen LogP contribution < -0.4 is 15.8 Å². The summed E-state index contributed by atoms with van der Waals surface area (Å²) in [4.78, 5) is 1.05. The third kappa shape index (κ3) is 3.46. The van der Waals surface area contributed by atoms with Crippen LogP contribution in [0.5, 0.6) is 5.75 Å². The van der Waals surface area contributed by atoms with Gasteiger partial charge in [0.25, 0.3) is 0 Å². The zero-order chi connectivity index (χ0) is 13.8. The molecule has 1 aromatic carbocycles. The molecular weight excluding hydrogens is 331 g/mol. The van der Waals surface area contributed by atoms with Crippen LogP contribution in [-0.4, -0.2) is 13.7 Å². The zero-order valence-electron chi connectivity index (χ0n) is 10.3. The van der Waals surface area contributed by atoms with Crippen molar-refractivity contribution in [2.45, 2.75) is 6.04 Å². The molecule has 0 radical (unpaired) electrons. The number of hydrogen-bond donors (Lipinski definition) is 2. The molecule has 1 aromatic heterocycles. The van der Waals surface area contributed by atoms with Crippen molar-refractivity contribution >= 4 is 33.0 Å². The minimum absolute atomic E-state index is 0.127. The minimum Gasteiger partial charge on any atom is -0.497 e. The van der Waals surface area contributed by atoms with E-state index < -0.39 is 0 Å². The third-order valence-electron chi connectivity index (χ3n) is 2.68. The van der Waals surface area contributed by atoms with E-state index in [4.69, 9.17) is 10.5 Å². The fourth-order valence-electron chi connectivity index (χ4n) is 1.69. The smallest absolute Gasteiger partial charge is 0.146 e. The van der Waals surface area contributed by atoms with Gasteiger partial charge < -0.3 is 15.8 Å². The highest BCUT2D eigenvalue weighted by atomic mass is 79.9. The van der Waals surface area contributed by atoms with E-state index in [-0.39, 0.29) is 11.9 Å². The molecule has 3 N–H and O–H groups in total. The number of benzene rings is 1. The number of rotatable bonds is 5. The number of hydrogen-bond acceptors (Lipinski definition) is 4. The fourth-order valence-corrected chi connectivity index (χ4v) is 3.18. The van der Waals surface area contributed by atoms with E-state index in [0.29, 0.717) is 18.0 Å². The lowest BCUT2D eigenvalue weighted by atomic mass is 10.2. The molecule has 0 saturated carbocycles. The number of nitrogens with two attached hydrogens (primary N) is 1. The number of methoxy groups -OCH3 is 1.